The number of halogens is 3. The number of hydrogen-bond donors (Lipinski definition) is 2. The fourth-order valence-corrected chi connectivity index (χ4v) is 5.13. The summed E-state index contributed by atoms with van der Waals surface area (Å²) in [6.45, 7) is 0.591. The zero-order valence-corrected chi connectivity index (χ0v) is 16.7. The fraction of sp³-hybridized carbons (Fsp3) is 0.455. The summed E-state index contributed by atoms with van der Waals surface area (Å²) in [5.74, 6) is -2.97. The maximum Gasteiger partial charge on any atom is 0.341 e. The van der Waals surface area contributed by atoms with Gasteiger partial charge in [0.25, 0.3) is 0 Å². The van der Waals surface area contributed by atoms with Gasteiger partial charge in [0, 0.05) is 32.3 Å². The Bertz CT molecular complexity index is 1190. The largest absolute Gasteiger partial charge is 0.477 e. The molecule has 2 fully saturated rings. The highest BCUT2D eigenvalue weighted by molar-refractivity contribution is 5.94. The van der Waals surface area contributed by atoms with Crippen molar-refractivity contribution in [3.63, 3.8) is 0 Å². The average molecular weight is 433 g/mol. The minimum atomic E-state index is -1.83. The lowest BCUT2D eigenvalue weighted by atomic mass is 9.87. The van der Waals surface area contributed by atoms with Crippen LogP contribution in [-0.4, -0.2) is 40.9 Å². The van der Waals surface area contributed by atoms with E-state index < -0.39 is 45.7 Å². The number of alkyl halides is 1. The average Bonchev–Trinajstić information content (AvgIpc) is 3.23. The molecule has 1 saturated heterocycles. The number of nitrogens with zero attached hydrogens (tertiary/aromatic N) is 2. The van der Waals surface area contributed by atoms with Crippen LogP contribution in [0, 0.1) is 23.5 Å². The molecule has 6 nitrogen and oxygen atoms in total. The van der Waals surface area contributed by atoms with Crippen molar-refractivity contribution in [3.05, 3.63) is 51.8 Å². The molecule has 3 aliphatic rings. The number of anilines is 1. The molecular weight excluding hydrogens is 411 g/mol. The number of aromatic carboxylic acids is 1. The zero-order valence-electron chi connectivity index (χ0n) is 16.7. The number of fused-ring (bicyclic) bond motifs is 2. The molecule has 4 unspecified atom stereocenters. The summed E-state index contributed by atoms with van der Waals surface area (Å²) in [4.78, 5) is 25.8. The second kappa shape index (κ2) is 6.85. The number of carboxylic acids is 1. The highest BCUT2D eigenvalue weighted by Gasteiger charge is 2.56. The summed E-state index contributed by atoms with van der Waals surface area (Å²) in [5, 5.41) is 8.97. The quantitative estimate of drug-likeness (QED) is 0.724. The molecule has 1 saturated carbocycles. The smallest absolute Gasteiger partial charge is 0.341 e. The number of pyridine rings is 1. The summed E-state index contributed by atoms with van der Waals surface area (Å²) in [7, 11) is 0. The molecule has 5 rings (SSSR count). The molecule has 0 bridgehead atoms. The molecule has 1 aromatic carbocycles. The van der Waals surface area contributed by atoms with E-state index in [4.69, 9.17) is 5.73 Å². The lowest BCUT2D eigenvalue weighted by molar-refractivity contribution is 0.0694. The van der Waals surface area contributed by atoms with Crippen LogP contribution in [0.1, 0.15) is 35.7 Å². The molecule has 0 amide bonds. The number of aromatic nitrogens is 1. The highest BCUT2D eigenvalue weighted by atomic mass is 19.1. The van der Waals surface area contributed by atoms with Crippen LogP contribution in [0.15, 0.2) is 29.2 Å². The van der Waals surface area contributed by atoms with Crippen LogP contribution >= 0.6 is 0 Å². The highest BCUT2D eigenvalue weighted by Crippen LogP contribution is 2.52. The standard InChI is InChI=1S/C22H22F3N3O3/c23-15-5-13-18(17(24)19(15)27-7-11-3-1-2-4-12(11)8-27)28(16-6-22(16,25)10-26)9-14(20(13)29)21(30)31/h1,3,5,9,11-12,16H,2,4,6-8,10,26H2,(H,30,31). The number of carbonyl (C=O) groups is 1. The number of hydrogen-bond acceptors (Lipinski definition) is 4. The van der Waals surface area contributed by atoms with Crippen LogP contribution in [0.2, 0.25) is 0 Å². The Balaban J connectivity index is 1.72. The van der Waals surface area contributed by atoms with E-state index in [0.717, 1.165) is 29.7 Å². The monoisotopic (exact) mass is 433 g/mol. The van der Waals surface area contributed by atoms with Crippen molar-refractivity contribution in [2.45, 2.75) is 31.0 Å². The van der Waals surface area contributed by atoms with Gasteiger partial charge in [-0.3, -0.25) is 4.79 Å². The Hall–Kier alpha value is -2.81. The van der Waals surface area contributed by atoms with Gasteiger partial charge in [-0.1, -0.05) is 12.2 Å². The van der Waals surface area contributed by atoms with E-state index in [1.54, 1.807) is 4.90 Å². The molecule has 0 radical (unpaired) electrons. The molecule has 31 heavy (non-hydrogen) atoms. The van der Waals surface area contributed by atoms with Gasteiger partial charge in [0.1, 0.15) is 22.7 Å². The third-order valence-corrected chi connectivity index (χ3v) is 6.95. The van der Waals surface area contributed by atoms with Gasteiger partial charge in [-0.15, -0.1) is 0 Å². The molecule has 2 aliphatic carbocycles. The van der Waals surface area contributed by atoms with E-state index in [1.807, 2.05) is 0 Å². The fourth-order valence-electron chi connectivity index (χ4n) is 5.13. The van der Waals surface area contributed by atoms with Crippen LogP contribution in [0.5, 0.6) is 0 Å². The van der Waals surface area contributed by atoms with Gasteiger partial charge < -0.3 is 20.3 Å². The Labute approximate surface area is 175 Å². The van der Waals surface area contributed by atoms with Crippen LogP contribution in [-0.2, 0) is 0 Å². The van der Waals surface area contributed by atoms with Crippen molar-refractivity contribution < 1.29 is 23.1 Å². The first-order valence-corrected chi connectivity index (χ1v) is 10.4. The number of benzene rings is 1. The van der Waals surface area contributed by atoms with Gasteiger partial charge in [0.15, 0.2) is 5.82 Å². The summed E-state index contributed by atoms with van der Waals surface area (Å²) in [6.07, 6.45) is 6.92. The first kappa shape index (κ1) is 20.1. The Morgan fingerprint density at radius 1 is 1.32 bits per heavy atom. The molecule has 0 spiro atoms. The molecule has 4 atom stereocenters. The number of allylic oxidation sites excluding steroid dienone is 1. The van der Waals surface area contributed by atoms with Gasteiger partial charge in [-0.25, -0.2) is 18.0 Å². The topological polar surface area (TPSA) is 88.6 Å². The van der Waals surface area contributed by atoms with Gasteiger partial charge in [-0.2, -0.15) is 0 Å². The lowest BCUT2D eigenvalue weighted by Crippen LogP contribution is -2.26. The van der Waals surface area contributed by atoms with E-state index in [9.17, 15) is 19.1 Å². The summed E-state index contributed by atoms with van der Waals surface area (Å²) in [5.41, 5.74) is 1.46. The Morgan fingerprint density at radius 2 is 2.10 bits per heavy atom. The van der Waals surface area contributed by atoms with E-state index in [1.165, 1.54) is 0 Å². The molecule has 1 aromatic heterocycles. The maximum absolute atomic E-state index is 15.8. The van der Waals surface area contributed by atoms with Crippen molar-refractivity contribution in [2.75, 3.05) is 24.5 Å². The third-order valence-electron chi connectivity index (χ3n) is 6.95. The number of rotatable bonds is 4. The van der Waals surface area contributed by atoms with E-state index in [2.05, 4.69) is 12.2 Å². The molecule has 2 aromatic rings. The van der Waals surface area contributed by atoms with Crippen molar-refractivity contribution in [1.29, 1.82) is 0 Å². The molecule has 9 heteroatoms. The van der Waals surface area contributed by atoms with Crippen molar-refractivity contribution in [3.8, 4) is 0 Å². The number of nitrogens with two attached hydrogens (primary N) is 1. The van der Waals surface area contributed by atoms with Crippen LogP contribution < -0.4 is 16.1 Å². The van der Waals surface area contributed by atoms with E-state index >= 15 is 8.78 Å². The summed E-state index contributed by atoms with van der Waals surface area (Å²) in [6, 6.07) is -0.0442. The molecule has 1 aliphatic heterocycles. The predicted octanol–water partition coefficient (Wildman–Crippen LogP) is 2.99. The molecule has 2 heterocycles. The first-order chi connectivity index (χ1) is 14.7. The molecule has 3 N–H and O–H groups in total. The van der Waals surface area contributed by atoms with Gasteiger partial charge in [-0.05, 0) is 30.7 Å². The molecule has 164 valence electrons. The lowest BCUT2D eigenvalue weighted by Gasteiger charge is -2.23. The van der Waals surface area contributed by atoms with Crippen molar-refractivity contribution >= 4 is 22.6 Å². The Morgan fingerprint density at radius 3 is 2.74 bits per heavy atom. The van der Waals surface area contributed by atoms with E-state index in [0.29, 0.717) is 13.1 Å². The van der Waals surface area contributed by atoms with Crippen LogP contribution in [0.25, 0.3) is 10.9 Å². The van der Waals surface area contributed by atoms with Crippen LogP contribution in [0.4, 0.5) is 18.9 Å². The van der Waals surface area contributed by atoms with Crippen molar-refractivity contribution in [2.24, 2.45) is 17.6 Å². The third kappa shape index (κ3) is 2.97. The summed E-state index contributed by atoms with van der Waals surface area (Å²) < 4.78 is 46.8. The number of carboxylic acid groups (broad SMARTS) is 1. The van der Waals surface area contributed by atoms with Gasteiger partial charge >= 0.3 is 5.97 Å². The summed E-state index contributed by atoms with van der Waals surface area (Å²) >= 11 is 0. The maximum atomic E-state index is 15.8. The van der Waals surface area contributed by atoms with Gasteiger partial charge in [0.2, 0.25) is 5.43 Å². The minimum Gasteiger partial charge on any atom is -0.477 e. The van der Waals surface area contributed by atoms with Crippen molar-refractivity contribution in [1.82, 2.24) is 4.57 Å². The second-order valence-electron chi connectivity index (χ2n) is 8.79. The predicted molar refractivity (Wildman–Crippen MR) is 109 cm³/mol. The van der Waals surface area contributed by atoms with E-state index in [-0.39, 0.29) is 36.0 Å². The SMILES string of the molecule is NCC1(F)CC1n1cc(C(=O)O)c(=O)c2cc(F)c(N3CC4C=CCCC4C3)c(F)c21. The minimum absolute atomic E-state index is 0.0364. The first-order valence-electron chi connectivity index (χ1n) is 10.4. The van der Waals surface area contributed by atoms with Gasteiger partial charge in [0.05, 0.1) is 16.9 Å². The second-order valence-corrected chi connectivity index (χ2v) is 8.79. The molecular formula is C22H22F3N3O3. The zero-order chi connectivity index (χ0) is 22.1. The Kier molecular flexibility index (Phi) is 4.44. The normalized spacial score (nSPS) is 29.4. The van der Waals surface area contributed by atoms with Crippen LogP contribution in [0.3, 0.4) is 0 Å².